The van der Waals surface area contributed by atoms with Crippen molar-refractivity contribution in [3.8, 4) is 0 Å². The molecule has 0 bridgehead atoms. The molecule has 0 spiro atoms. The van der Waals surface area contributed by atoms with Crippen molar-refractivity contribution in [3.05, 3.63) is 34.9 Å². The molecule has 1 saturated heterocycles. The lowest BCUT2D eigenvalue weighted by molar-refractivity contribution is -0.131. The number of piperazine rings is 1. The van der Waals surface area contributed by atoms with E-state index in [1.54, 1.807) is 0 Å². The second-order valence-corrected chi connectivity index (χ2v) is 5.30. The van der Waals surface area contributed by atoms with E-state index < -0.39 is 0 Å². The average molecular weight is 246 g/mol. The normalized spacial score (nSPS) is 19.9. The Labute approximate surface area is 109 Å². The van der Waals surface area contributed by atoms with Crippen molar-refractivity contribution < 1.29 is 4.79 Å². The molecule has 1 aromatic carbocycles. The fourth-order valence-electron chi connectivity index (χ4n) is 2.42. The highest BCUT2D eigenvalue weighted by Crippen LogP contribution is 2.13. The van der Waals surface area contributed by atoms with E-state index in [1.807, 2.05) is 4.90 Å². The number of hydrogen-bond donors (Lipinski definition) is 1. The highest BCUT2D eigenvalue weighted by Gasteiger charge is 2.20. The highest BCUT2D eigenvalue weighted by atomic mass is 16.2. The second kappa shape index (κ2) is 5.53. The fourth-order valence-corrected chi connectivity index (χ4v) is 2.42. The third-order valence-corrected chi connectivity index (χ3v) is 3.57. The summed E-state index contributed by atoms with van der Waals surface area (Å²) >= 11 is 0. The van der Waals surface area contributed by atoms with Crippen LogP contribution in [0, 0.1) is 13.8 Å². The molecule has 0 aliphatic carbocycles. The van der Waals surface area contributed by atoms with Crippen molar-refractivity contribution in [1.29, 1.82) is 0 Å². The highest BCUT2D eigenvalue weighted by molar-refractivity contribution is 5.79. The number of benzene rings is 1. The summed E-state index contributed by atoms with van der Waals surface area (Å²) in [5, 5.41) is 3.36. The number of hydrogen-bond acceptors (Lipinski definition) is 2. The predicted molar refractivity (Wildman–Crippen MR) is 73.7 cm³/mol. The monoisotopic (exact) mass is 246 g/mol. The van der Waals surface area contributed by atoms with E-state index in [2.05, 4.69) is 44.3 Å². The quantitative estimate of drug-likeness (QED) is 0.861. The van der Waals surface area contributed by atoms with Crippen molar-refractivity contribution >= 4 is 5.91 Å². The van der Waals surface area contributed by atoms with Crippen molar-refractivity contribution in [2.45, 2.75) is 33.2 Å². The molecule has 1 fully saturated rings. The number of aryl methyl sites for hydroxylation is 2. The lowest BCUT2D eigenvalue weighted by Crippen LogP contribution is -2.51. The summed E-state index contributed by atoms with van der Waals surface area (Å²) in [6.07, 6.45) is 0.528. The summed E-state index contributed by atoms with van der Waals surface area (Å²) in [4.78, 5) is 14.2. The van der Waals surface area contributed by atoms with Gasteiger partial charge in [-0.3, -0.25) is 4.79 Å². The van der Waals surface area contributed by atoms with Crippen LogP contribution in [0.5, 0.6) is 0 Å². The van der Waals surface area contributed by atoms with Gasteiger partial charge < -0.3 is 10.2 Å². The maximum absolute atomic E-state index is 12.3. The van der Waals surface area contributed by atoms with Gasteiger partial charge in [0.2, 0.25) is 5.91 Å². The minimum absolute atomic E-state index is 0.247. The third kappa shape index (κ3) is 3.10. The summed E-state index contributed by atoms with van der Waals surface area (Å²) in [5.74, 6) is 0.247. The molecule has 1 N–H and O–H groups in total. The maximum Gasteiger partial charge on any atom is 0.227 e. The van der Waals surface area contributed by atoms with Crippen molar-refractivity contribution in [2.24, 2.45) is 0 Å². The molecular formula is C15H22N2O. The van der Waals surface area contributed by atoms with Gasteiger partial charge in [0.25, 0.3) is 0 Å². The second-order valence-electron chi connectivity index (χ2n) is 5.30. The van der Waals surface area contributed by atoms with E-state index in [0.717, 1.165) is 25.2 Å². The molecule has 1 aliphatic rings. The van der Waals surface area contributed by atoms with Gasteiger partial charge in [-0.05, 0) is 31.9 Å². The van der Waals surface area contributed by atoms with Crippen LogP contribution in [0.1, 0.15) is 23.6 Å². The topological polar surface area (TPSA) is 32.3 Å². The number of carbonyl (C=O) groups excluding carboxylic acids is 1. The van der Waals surface area contributed by atoms with Crippen LogP contribution in [0.25, 0.3) is 0 Å². The Hall–Kier alpha value is -1.35. The molecule has 3 heteroatoms. The van der Waals surface area contributed by atoms with Crippen molar-refractivity contribution in [1.82, 2.24) is 10.2 Å². The fraction of sp³-hybridized carbons (Fsp3) is 0.533. The van der Waals surface area contributed by atoms with E-state index in [0.29, 0.717) is 12.5 Å². The van der Waals surface area contributed by atoms with Crippen molar-refractivity contribution in [3.63, 3.8) is 0 Å². The first-order valence-electron chi connectivity index (χ1n) is 6.63. The van der Waals surface area contributed by atoms with Crippen LogP contribution < -0.4 is 5.32 Å². The molecule has 1 heterocycles. The van der Waals surface area contributed by atoms with Crippen molar-refractivity contribution in [2.75, 3.05) is 19.6 Å². The summed E-state index contributed by atoms with van der Waals surface area (Å²) in [7, 11) is 0. The minimum Gasteiger partial charge on any atom is -0.340 e. The predicted octanol–water partition coefficient (Wildman–Crippen LogP) is 1.67. The van der Waals surface area contributed by atoms with Gasteiger partial charge in [0.1, 0.15) is 0 Å². The minimum atomic E-state index is 0.247. The zero-order valence-electron chi connectivity index (χ0n) is 11.5. The van der Waals surface area contributed by atoms with Crippen LogP contribution in [-0.4, -0.2) is 36.5 Å². The number of amides is 1. The van der Waals surface area contributed by atoms with Gasteiger partial charge in [0.15, 0.2) is 0 Å². The smallest absolute Gasteiger partial charge is 0.227 e. The molecule has 0 aromatic heterocycles. The van der Waals surface area contributed by atoms with E-state index in [9.17, 15) is 4.79 Å². The molecule has 0 radical (unpaired) electrons. The molecule has 98 valence electrons. The number of rotatable bonds is 2. The first-order chi connectivity index (χ1) is 8.56. The Morgan fingerprint density at radius 2 is 2.22 bits per heavy atom. The molecule has 3 nitrogen and oxygen atoms in total. The summed E-state index contributed by atoms with van der Waals surface area (Å²) in [6, 6.07) is 6.72. The summed E-state index contributed by atoms with van der Waals surface area (Å²) < 4.78 is 0. The molecule has 18 heavy (non-hydrogen) atoms. The van der Waals surface area contributed by atoms with Gasteiger partial charge in [-0.2, -0.15) is 0 Å². The van der Waals surface area contributed by atoms with Gasteiger partial charge in [0, 0.05) is 25.7 Å². The Bertz CT molecular complexity index is 442. The van der Waals surface area contributed by atoms with Gasteiger partial charge >= 0.3 is 0 Å². The maximum atomic E-state index is 12.3. The van der Waals surface area contributed by atoms with E-state index in [1.165, 1.54) is 11.1 Å². The van der Waals surface area contributed by atoms with Crippen LogP contribution in [0.4, 0.5) is 0 Å². The SMILES string of the molecule is Cc1ccc(C)c(CC(=O)N2CCN[C@H](C)C2)c1. The number of carbonyl (C=O) groups is 1. The lowest BCUT2D eigenvalue weighted by atomic mass is 10.0. The van der Waals surface area contributed by atoms with Crippen LogP contribution in [-0.2, 0) is 11.2 Å². The average Bonchev–Trinajstić information content (AvgIpc) is 2.34. The van der Waals surface area contributed by atoms with E-state index in [-0.39, 0.29) is 5.91 Å². The third-order valence-electron chi connectivity index (χ3n) is 3.57. The Morgan fingerprint density at radius 3 is 2.94 bits per heavy atom. The Kier molecular flexibility index (Phi) is 4.02. The first-order valence-corrected chi connectivity index (χ1v) is 6.63. The van der Waals surface area contributed by atoms with Gasteiger partial charge in [0.05, 0.1) is 6.42 Å². The zero-order chi connectivity index (χ0) is 13.1. The number of nitrogens with one attached hydrogen (secondary N) is 1. The first kappa shape index (κ1) is 13.1. The zero-order valence-corrected chi connectivity index (χ0v) is 11.5. The Morgan fingerprint density at radius 1 is 1.44 bits per heavy atom. The van der Waals surface area contributed by atoms with E-state index >= 15 is 0 Å². The van der Waals surface area contributed by atoms with Gasteiger partial charge in [-0.15, -0.1) is 0 Å². The molecule has 0 saturated carbocycles. The van der Waals surface area contributed by atoms with Crippen LogP contribution in [0.2, 0.25) is 0 Å². The largest absolute Gasteiger partial charge is 0.340 e. The van der Waals surface area contributed by atoms with E-state index in [4.69, 9.17) is 0 Å². The molecule has 1 amide bonds. The van der Waals surface area contributed by atoms with Crippen LogP contribution in [0.15, 0.2) is 18.2 Å². The summed E-state index contributed by atoms with van der Waals surface area (Å²) in [6.45, 7) is 8.82. The van der Waals surface area contributed by atoms with Crippen LogP contribution in [0.3, 0.4) is 0 Å². The molecule has 1 aromatic rings. The standard InChI is InChI=1S/C15H22N2O/c1-11-4-5-12(2)14(8-11)9-15(18)17-7-6-16-13(3)10-17/h4-5,8,13,16H,6-7,9-10H2,1-3H3/t13-/m1/s1. The molecule has 1 atom stereocenters. The van der Waals surface area contributed by atoms with Gasteiger partial charge in [-0.1, -0.05) is 23.8 Å². The van der Waals surface area contributed by atoms with Gasteiger partial charge in [-0.25, -0.2) is 0 Å². The molecular weight excluding hydrogens is 224 g/mol. The van der Waals surface area contributed by atoms with Crippen LogP contribution >= 0.6 is 0 Å². The Balaban J connectivity index is 2.04. The lowest BCUT2D eigenvalue weighted by Gasteiger charge is -2.32. The molecule has 0 unspecified atom stereocenters. The molecule has 1 aliphatic heterocycles. The summed E-state index contributed by atoms with van der Waals surface area (Å²) in [5.41, 5.74) is 3.58. The number of nitrogens with zero attached hydrogens (tertiary/aromatic N) is 1. The molecule has 2 rings (SSSR count).